The minimum atomic E-state index is -0.693. The Morgan fingerprint density at radius 2 is 1.86 bits per heavy atom. The maximum atomic E-state index is 15.7. The van der Waals surface area contributed by atoms with Crippen molar-refractivity contribution < 1.29 is 14.0 Å². The summed E-state index contributed by atoms with van der Waals surface area (Å²) < 4.78 is 16.9. The first-order valence-corrected chi connectivity index (χ1v) is 14.2. The number of benzene rings is 2. The quantitative estimate of drug-likeness (QED) is 0.438. The van der Waals surface area contributed by atoms with E-state index >= 15 is 4.39 Å². The van der Waals surface area contributed by atoms with Crippen LogP contribution in [-0.2, 0) is 9.59 Å². The molecule has 4 aliphatic rings. The Morgan fingerprint density at radius 3 is 2.59 bits per heavy atom. The fraction of sp³-hybridized carbons (Fsp3) is 0.433. The van der Waals surface area contributed by atoms with Crippen molar-refractivity contribution in [3.05, 3.63) is 58.2 Å². The lowest BCUT2D eigenvalue weighted by atomic mass is 10.00. The second-order valence-electron chi connectivity index (χ2n) is 11.3. The number of amidine groups is 1. The van der Waals surface area contributed by atoms with Crippen LogP contribution in [0.3, 0.4) is 0 Å². The number of carbonyl (C=O) groups excluding carboxylic acids is 2. The second-order valence-corrected chi connectivity index (χ2v) is 12.5. The molecule has 7 rings (SSSR count). The van der Waals surface area contributed by atoms with Gasteiger partial charge in [-0.1, -0.05) is 12.1 Å². The summed E-state index contributed by atoms with van der Waals surface area (Å²) in [5.74, 6) is 0.750. The number of carbonyl (C=O) groups is 2. The molecule has 37 heavy (non-hydrogen) atoms. The number of hydrogen-bond acceptors (Lipinski definition) is 4. The summed E-state index contributed by atoms with van der Waals surface area (Å²) in [5.41, 5.74) is 2.75. The molecule has 2 aliphatic heterocycles. The Morgan fingerprint density at radius 1 is 1.11 bits per heavy atom. The van der Waals surface area contributed by atoms with Crippen molar-refractivity contribution in [1.82, 2.24) is 9.80 Å². The summed E-state index contributed by atoms with van der Waals surface area (Å²) in [6.45, 7) is 6.16. The van der Waals surface area contributed by atoms with Crippen molar-refractivity contribution >= 4 is 39.1 Å². The molecule has 0 bridgehead atoms. The van der Waals surface area contributed by atoms with Gasteiger partial charge in [0.05, 0.1) is 5.56 Å². The van der Waals surface area contributed by atoms with E-state index in [0.717, 1.165) is 49.8 Å². The van der Waals surface area contributed by atoms with Gasteiger partial charge in [0.2, 0.25) is 5.91 Å². The van der Waals surface area contributed by atoms with Crippen molar-refractivity contribution in [3.63, 3.8) is 0 Å². The third-order valence-electron chi connectivity index (χ3n) is 8.63. The predicted octanol–water partition coefficient (Wildman–Crippen LogP) is 5.70. The topological polar surface area (TPSA) is 53.0 Å². The van der Waals surface area contributed by atoms with Gasteiger partial charge in [0.25, 0.3) is 5.91 Å². The van der Waals surface area contributed by atoms with E-state index in [0.29, 0.717) is 24.5 Å². The van der Waals surface area contributed by atoms with Crippen LogP contribution in [0.1, 0.15) is 48.1 Å². The van der Waals surface area contributed by atoms with E-state index in [2.05, 4.69) is 26.0 Å². The van der Waals surface area contributed by atoms with Gasteiger partial charge in [0.15, 0.2) is 0 Å². The molecular weight excluding hydrogens is 485 g/mol. The second kappa shape index (κ2) is 8.22. The molecule has 190 valence electrons. The number of nitrogens with zero attached hydrogens (tertiary/aromatic N) is 3. The van der Waals surface area contributed by atoms with Crippen molar-refractivity contribution in [2.75, 3.05) is 19.6 Å². The molecule has 5 nitrogen and oxygen atoms in total. The lowest BCUT2D eigenvalue weighted by Gasteiger charge is -2.24. The number of aliphatic imine (C=N–C) groups is 1. The number of likely N-dealkylation sites (tertiary alicyclic amines) is 1. The smallest absolute Gasteiger partial charge is 0.256 e. The molecule has 1 spiro atoms. The summed E-state index contributed by atoms with van der Waals surface area (Å²) in [5, 5.41) is 1.21. The third-order valence-corrected chi connectivity index (χ3v) is 9.81. The third kappa shape index (κ3) is 3.81. The zero-order chi connectivity index (χ0) is 25.5. The van der Waals surface area contributed by atoms with E-state index in [4.69, 9.17) is 4.99 Å². The fourth-order valence-electron chi connectivity index (χ4n) is 5.90. The summed E-state index contributed by atoms with van der Waals surface area (Å²) in [4.78, 5) is 35.6. The minimum Gasteiger partial charge on any atom is -0.342 e. The molecular formula is C30H30FN3O2S. The van der Waals surface area contributed by atoms with Gasteiger partial charge < -0.3 is 4.90 Å². The standard InChI is InChI=1S/C30H30FN3O2S/c1-17-18(2)37-26-8-6-21(13-24(17)26)22-5-7-23(25(31)14-22)27-32-30(10-11-30)29(36)34(27)16-19-9-12-33(15-19)28(35)20-3-4-20/h5-8,13-14,19-20H,3-4,9-12,15-16H2,1-2H3/t19-/m1/s1. The molecule has 2 aromatic carbocycles. The molecule has 1 aromatic heterocycles. The highest BCUT2D eigenvalue weighted by Gasteiger charge is 2.58. The Kier molecular flexibility index (Phi) is 5.13. The fourth-order valence-corrected chi connectivity index (χ4v) is 6.96. The van der Waals surface area contributed by atoms with Gasteiger partial charge >= 0.3 is 0 Å². The van der Waals surface area contributed by atoms with E-state index < -0.39 is 5.54 Å². The molecule has 2 saturated carbocycles. The average molecular weight is 516 g/mol. The monoisotopic (exact) mass is 515 g/mol. The van der Waals surface area contributed by atoms with Crippen LogP contribution in [-0.4, -0.2) is 52.6 Å². The maximum Gasteiger partial charge on any atom is 0.256 e. The van der Waals surface area contributed by atoms with Crippen LogP contribution < -0.4 is 0 Å². The van der Waals surface area contributed by atoms with Crippen LogP contribution >= 0.6 is 11.3 Å². The number of fused-ring (bicyclic) bond motifs is 1. The van der Waals surface area contributed by atoms with Crippen molar-refractivity contribution in [1.29, 1.82) is 0 Å². The van der Waals surface area contributed by atoms with Crippen molar-refractivity contribution in [3.8, 4) is 11.1 Å². The van der Waals surface area contributed by atoms with E-state index in [1.165, 1.54) is 20.5 Å². The molecule has 7 heteroatoms. The van der Waals surface area contributed by atoms with Gasteiger partial charge in [-0.25, -0.2) is 4.39 Å². The molecule has 0 unspecified atom stereocenters. The number of thiophene rings is 1. The Hall–Kier alpha value is -3.06. The van der Waals surface area contributed by atoms with E-state index in [-0.39, 0.29) is 29.5 Å². The highest BCUT2D eigenvalue weighted by molar-refractivity contribution is 7.19. The summed E-state index contributed by atoms with van der Waals surface area (Å²) in [7, 11) is 0. The molecule has 3 aromatic rings. The van der Waals surface area contributed by atoms with Crippen molar-refractivity contribution in [2.24, 2.45) is 16.8 Å². The number of halogens is 1. The normalized spacial score (nSPS) is 22.4. The highest BCUT2D eigenvalue weighted by Crippen LogP contribution is 2.46. The van der Waals surface area contributed by atoms with Crippen LogP contribution in [0.4, 0.5) is 4.39 Å². The zero-order valence-electron chi connectivity index (χ0n) is 21.2. The SMILES string of the molecule is Cc1sc2ccc(-c3ccc(C4=NC5(CC5)C(=O)N4C[C@@H]4CCN(C(=O)C5CC5)C4)c(F)c3)cc2c1C. The summed E-state index contributed by atoms with van der Waals surface area (Å²) in [6.07, 6.45) is 4.32. The van der Waals surface area contributed by atoms with E-state index in [1.807, 2.05) is 17.0 Å². The lowest BCUT2D eigenvalue weighted by molar-refractivity contribution is -0.131. The molecule has 2 aliphatic carbocycles. The van der Waals surface area contributed by atoms with Gasteiger partial charge in [0.1, 0.15) is 17.2 Å². The predicted molar refractivity (Wildman–Crippen MR) is 144 cm³/mol. The first-order chi connectivity index (χ1) is 17.8. The summed E-state index contributed by atoms with van der Waals surface area (Å²) >= 11 is 1.78. The maximum absolute atomic E-state index is 15.7. The van der Waals surface area contributed by atoms with E-state index in [9.17, 15) is 9.59 Å². The average Bonchev–Trinajstić information content (AvgIpc) is 3.80. The van der Waals surface area contributed by atoms with Crippen LogP contribution in [0.15, 0.2) is 41.4 Å². The zero-order valence-corrected chi connectivity index (χ0v) is 22.0. The Balaban J connectivity index is 1.16. The van der Waals surface area contributed by atoms with E-state index in [1.54, 1.807) is 28.4 Å². The number of rotatable bonds is 5. The highest BCUT2D eigenvalue weighted by atomic mass is 32.1. The number of amides is 2. The molecule has 2 amide bonds. The molecule has 3 fully saturated rings. The minimum absolute atomic E-state index is 0.00768. The molecule has 1 saturated heterocycles. The molecule has 1 atom stereocenters. The van der Waals surface area contributed by atoms with Crippen LogP contribution in [0.25, 0.3) is 21.2 Å². The first kappa shape index (κ1) is 23.1. The number of hydrogen-bond donors (Lipinski definition) is 0. The first-order valence-electron chi connectivity index (χ1n) is 13.3. The van der Waals surface area contributed by atoms with Gasteiger partial charge in [-0.15, -0.1) is 11.3 Å². The Bertz CT molecular complexity index is 1500. The molecule has 0 radical (unpaired) electrons. The largest absolute Gasteiger partial charge is 0.342 e. The van der Waals surface area contributed by atoms with Gasteiger partial charge in [-0.2, -0.15) is 0 Å². The van der Waals surface area contributed by atoms with Crippen molar-refractivity contribution in [2.45, 2.75) is 51.5 Å². The van der Waals surface area contributed by atoms with Crippen LogP contribution in [0.5, 0.6) is 0 Å². The lowest BCUT2D eigenvalue weighted by Crippen LogP contribution is -2.41. The molecule has 3 heterocycles. The van der Waals surface area contributed by atoms with Crippen LogP contribution in [0.2, 0.25) is 0 Å². The van der Waals surface area contributed by atoms with Crippen LogP contribution in [0, 0.1) is 31.5 Å². The van der Waals surface area contributed by atoms with Gasteiger partial charge in [0, 0.05) is 35.1 Å². The van der Waals surface area contributed by atoms with Gasteiger partial charge in [-0.05, 0) is 98.2 Å². The number of aryl methyl sites for hydroxylation is 2. The Labute approximate surface area is 220 Å². The summed E-state index contributed by atoms with van der Waals surface area (Å²) in [6, 6.07) is 11.6. The molecule has 0 N–H and O–H groups in total. The van der Waals surface area contributed by atoms with Gasteiger partial charge in [-0.3, -0.25) is 19.5 Å².